The number of carbonyl (C=O) groups is 1. The van der Waals surface area contributed by atoms with Crippen molar-refractivity contribution < 1.29 is 13.9 Å². The number of ether oxygens (including phenoxy) is 1. The Labute approximate surface area is 132 Å². The molecule has 2 N–H and O–H groups in total. The molecule has 1 unspecified atom stereocenters. The highest BCUT2D eigenvalue weighted by Gasteiger charge is 2.27. The fraction of sp³-hybridized carbons (Fsp3) is 0.533. The Balaban J connectivity index is 2.27. The fourth-order valence-corrected chi connectivity index (χ4v) is 2.66. The van der Waals surface area contributed by atoms with E-state index >= 15 is 0 Å². The summed E-state index contributed by atoms with van der Waals surface area (Å²) in [5.41, 5.74) is 7.17. The summed E-state index contributed by atoms with van der Waals surface area (Å²) in [6.07, 6.45) is 0.218. The molecule has 1 atom stereocenters. The van der Waals surface area contributed by atoms with E-state index in [-0.39, 0.29) is 11.9 Å². The van der Waals surface area contributed by atoms with Crippen LogP contribution in [0.3, 0.4) is 0 Å². The van der Waals surface area contributed by atoms with Crippen molar-refractivity contribution in [2.45, 2.75) is 45.4 Å². The van der Waals surface area contributed by atoms with E-state index in [0.717, 1.165) is 11.1 Å². The van der Waals surface area contributed by atoms with Crippen molar-refractivity contribution >= 4 is 22.0 Å². The van der Waals surface area contributed by atoms with Crippen LogP contribution in [0.1, 0.15) is 44.4 Å². The summed E-state index contributed by atoms with van der Waals surface area (Å²) in [7, 11) is 0. The number of benzene rings is 1. The van der Waals surface area contributed by atoms with Gasteiger partial charge in [-0.15, -0.1) is 0 Å². The Bertz CT molecular complexity index is 557. The average Bonchev–Trinajstić information content (AvgIpc) is 2.49. The second kappa shape index (κ2) is 5.93. The van der Waals surface area contributed by atoms with Gasteiger partial charge in [-0.05, 0) is 66.4 Å². The molecule has 0 saturated carbocycles. The fourth-order valence-electron chi connectivity index (χ4n) is 2.30. The molecule has 0 radical (unpaired) electrons. The van der Waals surface area contributed by atoms with Gasteiger partial charge in [0.15, 0.2) is 0 Å². The van der Waals surface area contributed by atoms with Crippen LogP contribution in [0.5, 0.6) is 0 Å². The third-order valence-electron chi connectivity index (χ3n) is 3.30. The molecule has 0 saturated heterocycles. The molecule has 0 aromatic heterocycles. The quantitative estimate of drug-likeness (QED) is 0.768. The third-order valence-corrected chi connectivity index (χ3v) is 3.91. The van der Waals surface area contributed by atoms with Crippen molar-refractivity contribution in [1.82, 2.24) is 4.90 Å². The summed E-state index contributed by atoms with van der Waals surface area (Å²) >= 11 is 3.18. The van der Waals surface area contributed by atoms with Gasteiger partial charge in [0.05, 0.1) is 4.47 Å². The zero-order valence-corrected chi connectivity index (χ0v) is 14.0. The number of nitrogens with zero attached hydrogens (tertiary/aromatic N) is 1. The Morgan fingerprint density at radius 2 is 2.14 bits per heavy atom. The van der Waals surface area contributed by atoms with Crippen molar-refractivity contribution in [1.29, 1.82) is 0 Å². The van der Waals surface area contributed by atoms with Crippen LogP contribution in [-0.2, 0) is 11.3 Å². The van der Waals surface area contributed by atoms with E-state index in [4.69, 9.17) is 10.5 Å². The molecule has 6 heteroatoms. The average molecular weight is 359 g/mol. The second-order valence-corrected chi connectivity index (χ2v) is 7.12. The van der Waals surface area contributed by atoms with E-state index in [2.05, 4.69) is 15.9 Å². The molecule has 1 amide bonds. The van der Waals surface area contributed by atoms with E-state index in [9.17, 15) is 9.18 Å². The first-order valence-corrected chi connectivity index (χ1v) is 7.68. The molecule has 0 aliphatic carbocycles. The highest BCUT2D eigenvalue weighted by atomic mass is 79.9. The molecule has 116 valence electrons. The van der Waals surface area contributed by atoms with Gasteiger partial charge in [0.2, 0.25) is 0 Å². The zero-order chi connectivity index (χ0) is 15.8. The van der Waals surface area contributed by atoms with Crippen LogP contribution in [0, 0.1) is 5.82 Å². The summed E-state index contributed by atoms with van der Waals surface area (Å²) in [6.45, 7) is 6.25. The maximum absolute atomic E-state index is 13.7. The van der Waals surface area contributed by atoms with E-state index < -0.39 is 11.7 Å². The van der Waals surface area contributed by atoms with Gasteiger partial charge in [0.1, 0.15) is 11.4 Å². The SMILES string of the molecule is CC(C)(C)OC(=O)N1CCC(N)c2cc(Br)c(F)cc2C1. The summed E-state index contributed by atoms with van der Waals surface area (Å²) in [5, 5.41) is 0. The Hall–Kier alpha value is -1.14. The predicted molar refractivity (Wildman–Crippen MR) is 82.3 cm³/mol. The predicted octanol–water partition coefficient (Wildman–Crippen LogP) is 3.73. The maximum Gasteiger partial charge on any atom is 0.410 e. The number of nitrogens with two attached hydrogens (primary N) is 1. The number of hydrogen-bond acceptors (Lipinski definition) is 3. The molecule has 0 bridgehead atoms. The first-order valence-electron chi connectivity index (χ1n) is 6.88. The number of amides is 1. The van der Waals surface area contributed by atoms with Gasteiger partial charge in [-0.2, -0.15) is 0 Å². The number of carbonyl (C=O) groups excluding carboxylic acids is 1. The van der Waals surface area contributed by atoms with Gasteiger partial charge in [-0.1, -0.05) is 0 Å². The molecular formula is C15H20BrFN2O2. The highest BCUT2D eigenvalue weighted by molar-refractivity contribution is 9.10. The third kappa shape index (κ3) is 3.95. The number of hydrogen-bond donors (Lipinski definition) is 1. The van der Waals surface area contributed by atoms with E-state index in [0.29, 0.717) is 24.0 Å². The summed E-state index contributed by atoms with van der Waals surface area (Å²) in [5.74, 6) is -0.355. The molecule has 0 spiro atoms. The second-order valence-electron chi connectivity index (χ2n) is 6.26. The zero-order valence-electron chi connectivity index (χ0n) is 12.5. The largest absolute Gasteiger partial charge is 0.444 e. The Morgan fingerprint density at radius 1 is 1.48 bits per heavy atom. The lowest BCUT2D eigenvalue weighted by atomic mass is 10.00. The monoisotopic (exact) mass is 358 g/mol. The topological polar surface area (TPSA) is 55.6 Å². The lowest BCUT2D eigenvalue weighted by Crippen LogP contribution is -2.36. The molecule has 1 aliphatic heterocycles. The lowest BCUT2D eigenvalue weighted by molar-refractivity contribution is 0.0234. The molecule has 1 heterocycles. The van der Waals surface area contributed by atoms with Crippen LogP contribution in [0.4, 0.5) is 9.18 Å². The van der Waals surface area contributed by atoms with Crippen molar-refractivity contribution in [2.24, 2.45) is 5.73 Å². The molecule has 21 heavy (non-hydrogen) atoms. The highest BCUT2D eigenvalue weighted by Crippen LogP contribution is 2.30. The molecule has 2 rings (SSSR count). The van der Waals surface area contributed by atoms with Crippen LogP contribution in [0.2, 0.25) is 0 Å². The van der Waals surface area contributed by atoms with Crippen molar-refractivity contribution in [2.75, 3.05) is 6.54 Å². The number of rotatable bonds is 0. The van der Waals surface area contributed by atoms with E-state index in [1.54, 1.807) is 11.0 Å². The standard InChI is InChI=1S/C15H20BrFN2O2/c1-15(2,3)21-14(20)19-5-4-13(18)10-7-11(16)12(17)6-9(10)8-19/h6-7,13H,4-5,8,18H2,1-3H3. The van der Waals surface area contributed by atoms with Gasteiger partial charge in [0, 0.05) is 19.1 Å². The molecule has 1 aliphatic rings. The van der Waals surface area contributed by atoms with Crippen LogP contribution in [-0.4, -0.2) is 23.1 Å². The minimum absolute atomic E-state index is 0.218. The van der Waals surface area contributed by atoms with Gasteiger partial charge in [-0.25, -0.2) is 9.18 Å². The van der Waals surface area contributed by atoms with Crippen molar-refractivity contribution in [3.05, 3.63) is 33.5 Å². The number of fused-ring (bicyclic) bond motifs is 1. The molecule has 1 aromatic carbocycles. The Kier molecular flexibility index (Phi) is 4.58. The number of halogens is 2. The maximum atomic E-state index is 13.7. The minimum Gasteiger partial charge on any atom is -0.444 e. The lowest BCUT2D eigenvalue weighted by Gasteiger charge is -2.26. The van der Waals surface area contributed by atoms with Gasteiger partial charge < -0.3 is 15.4 Å². The normalized spacial score (nSPS) is 19.0. The molecule has 0 fully saturated rings. The van der Waals surface area contributed by atoms with Crippen LogP contribution in [0.25, 0.3) is 0 Å². The summed E-state index contributed by atoms with van der Waals surface area (Å²) in [6, 6.07) is 2.92. The summed E-state index contributed by atoms with van der Waals surface area (Å²) < 4.78 is 19.5. The molecular weight excluding hydrogens is 339 g/mol. The molecule has 1 aromatic rings. The van der Waals surface area contributed by atoms with Gasteiger partial charge in [0.25, 0.3) is 0 Å². The van der Waals surface area contributed by atoms with Gasteiger partial charge >= 0.3 is 6.09 Å². The van der Waals surface area contributed by atoms with Crippen LogP contribution >= 0.6 is 15.9 Å². The van der Waals surface area contributed by atoms with E-state index in [1.807, 2.05) is 20.8 Å². The Morgan fingerprint density at radius 3 is 2.76 bits per heavy atom. The van der Waals surface area contributed by atoms with Gasteiger partial charge in [-0.3, -0.25) is 0 Å². The molecule has 4 nitrogen and oxygen atoms in total. The smallest absolute Gasteiger partial charge is 0.410 e. The van der Waals surface area contributed by atoms with Crippen molar-refractivity contribution in [3.63, 3.8) is 0 Å². The van der Waals surface area contributed by atoms with Crippen LogP contribution < -0.4 is 5.73 Å². The summed E-state index contributed by atoms with van der Waals surface area (Å²) in [4.78, 5) is 13.8. The minimum atomic E-state index is -0.556. The van der Waals surface area contributed by atoms with Crippen molar-refractivity contribution in [3.8, 4) is 0 Å². The van der Waals surface area contributed by atoms with E-state index in [1.165, 1.54) is 6.07 Å². The first kappa shape index (κ1) is 16.2. The van der Waals surface area contributed by atoms with Crippen LogP contribution in [0.15, 0.2) is 16.6 Å². The first-order chi connectivity index (χ1) is 9.67.